The Morgan fingerprint density at radius 2 is 1.31 bits per heavy atom. The van der Waals surface area contributed by atoms with Gasteiger partial charge in [0.25, 0.3) is 0 Å². The van der Waals surface area contributed by atoms with Crippen molar-refractivity contribution in [3.05, 3.63) is 157 Å². The van der Waals surface area contributed by atoms with E-state index >= 15 is 0 Å². The number of aryl methyl sites for hydroxylation is 1. The number of hydrogen-bond donors (Lipinski definition) is 0. The van der Waals surface area contributed by atoms with Crippen LogP contribution in [0, 0.1) is 0 Å². The van der Waals surface area contributed by atoms with Crippen molar-refractivity contribution in [2.24, 2.45) is 7.05 Å². The Hall–Kier alpha value is -7.09. The largest absolute Gasteiger partial charge is 0.456 e. The summed E-state index contributed by atoms with van der Waals surface area (Å²) in [5.41, 5.74) is 18.8. The molecule has 4 aromatic heterocycles. The highest BCUT2D eigenvalue weighted by molar-refractivity contribution is 7.25. The third-order valence-corrected chi connectivity index (χ3v) is 15.7. The zero-order valence-electron chi connectivity index (χ0n) is 37.5. The van der Waals surface area contributed by atoms with E-state index < -0.39 is 0 Å². The summed E-state index contributed by atoms with van der Waals surface area (Å²) in [5, 5.41) is 7.41. The molecule has 0 spiro atoms. The first-order valence-corrected chi connectivity index (χ1v) is 23.6. The van der Waals surface area contributed by atoms with E-state index in [4.69, 9.17) is 9.40 Å². The molecule has 0 saturated carbocycles. The zero-order valence-corrected chi connectivity index (χ0v) is 38.4. The van der Waals surface area contributed by atoms with E-state index in [1.807, 2.05) is 11.3 Å². The topological polar surface area (TPSA) is 39.1 Å². The van der Waals surface area contributed by atoms with Crippen molar-refractivity contribution in [3.63, 3.8) is 0 Å². The molecule has 0 fully saturated rings. The number of nitrogens with zero attached hydrogens (tertiary/aromatic N) is 4. The fraction of sp³-hybridized carbons (Fsp3) is 0.155. The average Bonchev–Trinajstić information content (AvgIpc) is 4.04. The Kier molecular flexibility index (Phi) is 7.22. The molecule has 6 heterocycles. The molecule has 12 aromatic rings. The number of para-hydroxylation sites is 1. The Labute approximate surface area is 381 Å². The molecule has 5 nitrogen and oxygen atoms in total. The molecule has 0 amide bonds. The molecule has 0 saturated heterocycles. The van der Waals surface area contributed by atoms with Crippen LogP contribution in [0.5, 0.6) is 0 Å². The van der Waals surface area contributed by atoms with Gasteiger partial charge in [0, 0.05) is 83.0 Å². The smallest absolute Gasteiger partial charge is 0.333 e. The molecule has 0 aliphatic carbocycles. The van der Waals surface area contributed by atoms with Gasteiger partial charge in [0.2, 0.25) is 0 Å². The van der Waals surface area contributed by atoms with Crippen molar-refractivity contribution in [1.29, 1.82) is 0 Å². The lowest BCUT2D eigenvalue weighted by molar-refractivity contribution is 0.590. The fourth-order valence-corrected chi connectivity index (χ4v) is 12.4. The molecule has 0 bridgehead atoms. The van der Waals surface area contributed by atoms with Crippen molar-refractivity contribution in [1.82, 2.24) is 14.1 Å². The molecule has 2 aliphatic rings. The molecule has 0 atom stereocenters. The van der Waals surface area contributed by atoms with Crippen LogP contribution in [0.4, 0.5) is 11.4 Å². The number of benzene rings is 8. The van der Waals surface area contributed by atoms with E-state index in [0.29, 0.717) is 0 Å². The quantitative estimate of drug-likeness (QED) is 0.163. The summed E-state index contributed by atoms with van der Waals surface area (Å²) < 4.78 is 14.1. The highest BCUT2D eigenvalue weighted by Crippen LogP contribution is 2.50. The molecule has 312 valence electrons. The van der Waals surface area contributed by atoms with Crippen LogP contribution in [0.3, 0.4) is 0 Å². The average molecular weight is 857 g/mol. The van der Waals surface area contributed by atoms with Crippen LogP contribution in [0.25, 0.3) is 103 Å². The molecular weight excluding hydrogens is 812 g/mol. The maximum Gasteiger partial charge on any atom is 0.333 e. The van der Waals surface area contributed by atoms with Crippen molar-refractivity contribution >= 4 is 115 Å². The summed E-state index contributed by atoms with van der Waals surface area (Å²) in [6.07, 6.45) is 0. The first kappa shape index (κ1) is 37.3. The van der Waals surface area contributed by atoms with Gasteiger partial charge in [0.15, 0.2) is 0 Å². The van der Waals surface area contributed by atoms with Crippen LogP contribution >= 0.6 is 11.3 Å². The monoisotopic (exact) mass is 856 g/mol. The van der Waals surface area contributed by atoms with Crippen molar-refractivity contribution < 1.29 is 4.42 Å². The van der Waals surface area contributed by atoms with Gasteiger partial charge in [-0.05, 0) is 99.1 Å². The van der Waals surface area contributed by atoms with Gasteiger partial charge >= 0.3 is 6.85 Å². The van der Waals surface area contributed by atoms with Gasteiger partial charge in [0.05, 0.1) is 22.1 Å². The Bertz CT molecular complexity index is 4040. The summed E-state index contributed by atoms with van der Waals surface area (Å²) in [4.78, 5) is 8.06. The van der Waals surface area contributed by atoms with Gasteiger partial charge < -0.3 is 18.4 Å². The predicted molar refractivity (Wildman–Crippen MR) is 277 cm³/mol. The highest BCUT2D eigenvalue weighted by atomic mass is 32.1. The fourth-order valence-electron chi connectivity index (χ4n) is 11.3. The number of hydrogen-bond acceptors (Lipinski definition) is 4. The standard InChI is InChI=1S/C58H45BN4OS/c1-57(2,3)33-17-20-35(21-18-33)63-47-31-53-43(42-25-34(58(4,5)6)19-24-52(42)65-53)27-39(47)37-22-23-38-40-26-41-36-15-11-12-16-50(36)64-51(41)30-46(40)62-48-29-49-45(28-44(48)59(63)54(37)55(38)62)60-56(61(49)7)32-13-9-8-10-14-32/h8-31H,1-7H3. The number of aromatic nitrogens is 3. The van der Waals surface area contributed by atoms with Gasteiger partial charge in [-0.2, -0.15) is 0 Å². The van der Waals surface area contributed by atoms with Gasteiger partial charge in [-0.15, -0.1) is 11.3 Å². The first-order valence-electron chi connectivity index (χ1n) is 22.8. The van der Waals surface area contributed by atoms with Gasteiger partial charge in [-0.25, -0.2) is 4.98 Å². The Morgan fingerprint density at radius 3 is 2.11 bits per heavy atom. The van der Waals surface area contributed by atoms with Crippen LogP contribution in [0.1, 0.15) is 52.7 Å². The lowest BCUT2D eigenvalue weighted by Crippen LogP contribution is -2.60. The van der Waals surface area contributed by atoms with E-state index in [2.05, 4.69) is 208 Å². The first-order chi connectivity index (χ1) is 31.4. The summed E-state index contributed by atoms with van der Waals surface area (Å²) in [7, 11) is 2.15. The van der Waals surface area contributed by atoms with E-state index in [1.54, 1.807) is 0 Å². The minimum Gasteiger partial charge on any atom is -0.456 e. The number of imidazole rings is 1. The summed E-state index contributed by atoms with van der Waals surface area (Å²) in [5.74, 6) is 0.957. The molecule has 2 aliphatic heterocycles. The van der Waals surface area contributed by atoms with E-state index in [1.165, 1.54) is 86.7 Å². The van der Waals surface area contributed by atoms with Crippen LogP contribution in [-0.2, 0) is 17.9 Å². The van der Waals surface area contributed by atoms with Gasteiger partial charge in [-0.1, -0.05) is 120 Å². The molecule has 8 aromatic carbocycles. The molecular formula is C58H45BN4OS. The Balaban J connectivity index is 1.14. The second kappa shape index (κ2) is 12.6. The van der Waals surface area contributed by atoms with Crippen LogP contribution in [-0.4, -0.2) is 21.0 Å². The molecule has 0 unspecified atom stereocenters. The van der Waals surface area contributed by atoms with Crippen molar-refractivity contribution in [2.75, 3.05) is 4.81 Å². The Morgan fingerprint density at radius 1 is 0.554 bits per heavy atom. The number of anilines is 2. The second-order valence-electron chi connectivity index (χ2n) is 20.5. The molecule has 0 N–H and O–H groups in total. The van der Waals surface area contributed by atoms with Crippen LogP contribution in [0.2, 0.25) is 0 Å². The number of fused-ring (bicyclic) bond motifs is 15. The molecule has 7 heteroatoms. The van der Waals surface area contributed by atoms with Crippen LogP contribution < -0.4 is 15.7 Å². The summed E-state index contributed by atoms with van der Waals surface area (Å²) >= 11 is 1.90. The highest BCUT2D eigenvalue weighted by Gasteiger charge is 2.45. The zero-order chi connectivity index (χ0) is 43.8. The second-order valence-corrected chi connectivity index (χ2v) is 21.6. The normalized spacial score (nSPS) is 13.7. The minimum atomic E-state index is -0.136. The van der Waals surface area contributed by atoms with Crippen molar-refractivity contribution in [3.8, 4) is 28.2 Å². The number of furan rings is 1. The number of thiophene rings is 1. The summed E-state index contributed by atoms with van der Waals surface area (Å²) in [6, 6.07) is 54.8. The lowest BCUT2D eigenvalue weighted by atomic mass is 9.44. The van der Waals surface area contributed by atoms with Crippen LogP contribution in [0.15, 0.2) is 150 Å². The van der Waals surface area contributed by atoms with Gasteiger partial charge in [0.1, 0.15) is 17.0 Å². The lowest BCUT2D eigenvalue weighted by Gasteiger charge is -2.42. The third kappa shape index (κ3) is 5.07. The van der Waals surface area contributed by atoms with E-state index in [9.17, 15) is 0 Å². The minimum absolute atomic E-state index is 0.0240. The number of rotatable bonds is 2. The molecule has 65 heavy (non-hydrogen) atoms. The van der Waals surface area contributed by atoms with Gasteiger partial charge in [-0.3, -0.25) is 0 Å². The summed E-state index contributed by atoms with van der Waals surface area (Å²) in [6.45, 7) is 13.7. The maximum absolute atomic E-state index is 6.63. The third-order valence-electron chi connectivity index (χ3n) is 14.6. The molecule has 14 rings (SSSR count). The predicted octanol–water partition coefficient (Wildman–Crippen LogP) is 14.4. The SMILES string of the molecule is Cn1c(-c2ccccc2)nc2cc3c(cc21)-n1c2cc4oc5ccccc5c4cc2c2ccc4c(c21)B3N(c1ccc(C(C)(C)C)cc1)c1cc2sc3ccc(C(C)(C)C)cc3c2cc1-4. The van der Waals surface area contributed by atoms with Crippen molar-refractivity contribution in [2.45, 2.75) is 52.4 Å². The maximum atomic E-state index is 6.63. The van der Waals surface area contributed by atoms with E-state index in [0.717, 1.165) is 49.9 Å². The van der Waals surface area contributed by atoms with E-state index in [-0.39, 0.29) is 17.7 Å². The molecule has 0 radical (unpaired) electrons.